The molecule has 4 aromatic rings. The fourth-order valence-electron chi connectivity index (χ4n) is 4.98. The Morgan fingerprint density at radius 1 is 0.822 bits per heavy atom. The molecule has 9 heteroatoms. The number of carbonyl (C=O) groups is 2. The van der Waals surface area contributed by atoms with Gasteiger partial charge in [0.1, 0.15) is 18.4 Å². The third kappa shape index (κ3) is 8.79. The molecule has 4 aromatic carbocycles. The van der Waals surface area contributed by atoms with Crippen molar-refractivity contribution < 1.29 is 22.4 Å². The second-order valence-electron chi connectivity index (χ2n) is 11.3. The predicted molar refractivity (Wildman–Crippen MR) is 176 cm³/mol. The average Bonchev–Trinajstić information content (AvgIpc) is 3.02. The minimum absolute atomic E-state index is 0.0876. The summed E-state index contributed by atoms with van der Waals surface area (Å²) in [5.74, 6) is -1.45. The lowest BCUT2D eigenvalue weighted by Gasteiger charge is -2.34. The van der Waals surface area contributed by atoms with Crippen molar-refractivity contribution >= 4 is 27.5 Å². The number of hydrogen-bond donors (Lipinski definition) is 1. The van der Waals surface area contributed by atoms with Gasteiger partial charge < -0.3 is 10.2 Å². The molecule has 2 amide bonds. The molecule has 0 unspecified atom stereocenters. The lowest BCUT2D eigenvalue weighted by Crippen LogP contribution is -2.54. The van der Waals surface area contributed by atoms with E-state index in [4.69, 9.17) is 0 Å². The van der Waals surface area contributed by atoms with E-state index in [1.165, 1.54) is 17.0 Å². The number of hydrogen-bond acceptors (Lipinski definition) is 4. The van der Waals surface area contributed by atoms with Gasteiger partial charge in [-0.2, -0.15) is 0 Å². The van der Waals surface area contributed by atoms with Crippen LogP contribution in [-0.2, 0) is 32.6 Å². The highest BCUT2D eigenvalue weighted by Crippen LogP contribution is 2.26. The van der Waals surface area contributed by atoms with Crippen LogP contribution in [-0.4, -0.2) is 43.8 Å². The molecular weight excluding hydrogens is 589 g/mol. The van der Waals surface area contributed by atoms with Crippen molar-refractivity contribution in [3.8, 4) is 0 Å². The zero-order valence-electron chi connectivity index (χ0n) is 26.1. The predicted octanol–water partition coefficient (Wildman–Crippen LogP) is 6.19. The number of carbonyl (C=O) groups excluding carboxylic acids is 2. The Bertz CT molecular complexity index is 1690. The van der Waals surface area contributed by atoms with E-state index in [2.05, 4.69) is 5.32 Å². The number of sulfonamides is 1. The summed E-state index contributed by atoms with van der Waals surface area (Å²) in [7, 11) is -4.30. The van der Waals surface area contributed by atoms with Crippen molar-refractivity contribution in [2.24, 2.45) is 0 Å². The van der Waals surface area contributed by atoms with Crippen LogP contribution >= 0.6 is 0 Å². The second kappa shape index (κ2) is 15.0. The molecule has 7 nitrogen and oxygen atoms in total. The van der Waals surface area contributed by atoms with Crippen molar-refractivity contribution in [1.82, 2.24) is 10.2 Å². The van der Waals surface area contributed by atoms with E-state index in [9.17, 15) is 22.4 Å². The van der Waals surface area contributed by atoms with Crippen LogP contribution in [0, 0.1) is 19.7 Å². The zero-order valence-corrected chi connectivity index (χ0v) is 26.9. The summed E-state index contributed by atoms with van der Waals surface area (Å²) in [5, 5.41) is 3.03. The van der Waals surface area contributed by atoms with E-state index in [1.807, 2.05) is 82.3 Å². The van der Waals surface area contributed by atoms with Crippen molar-refractivity contribution in [3.63, 3.8) is 0 Å². The monoisotopic (exact) mass is 629 g/mol. The minimum atomic E-state index is -4.30. The van der Waals surface area contributed by atoms with Gasteiger partial charge in [-0.1, -0.05) is 84.8 Å². The molecule has 0 saturated heterocycles. The molecule has 0 spiro atoms. The van der Waals surface area contributed by atoms with Crippen LogP contribution in [0.2, 0.25) is 0 Å². The van der Waals surface area contributed by atoms with E-state index in [1.54, 1.807) is 24.3 Å². The third-order valence-electron chi connectivity index (χ3n) is 7.71. The van der Waals surface area contributed by atoms with Crippen molar-refractivity contribution in [1.29, 1.82) is 0 Å². The van der Waals surface area contributed by atoms with E-state index in [0.717, 1.165) is 38.7 Å². The van der Waals surface area contributed by atoms with E-state index < -0.39 is 34.3 Å². The van der Waals surface area contributed by atoms with E-state index in [0.29, 0.717) is 6.42 Å². The molecule has 0 radical (unpaired) electrons. The van der Waals surface area contributed by atoms with Crippen LogP contribution in [0.3, 0.4) is 0 Å². The van der Waals surface area contributed by atoms with Crippen molar-refractivity contribution in [2.45, 2.75) is 64.1 Å². The standard InChI is InChI=1S/C36H40FN3O4S/c1-5-28(4)38-36(42)34(23-29-11-7-6-8-12-29)39(24-30-13-9-10-27(3)22-30)35(41)25-40(32-18-14-26(2)15-19-32)45(43,44)33-20-16-31(37)17-21-33/h6-22,28,34H,5,23-25H2,1-4H3,(H,38,42)/t28-,34+/m0/s1. The zero-order chi connectivity index (χ0) is 32.6. The molecule has 0 aliphatic heterocycles. The van der Waals surface area contributed by atoms with Crippen molar-refractivity contribution in [2.75, 3.05) is 10.8 Å². The Morgan fingerprint density at radius 3 is 2.09 bits per heavy atom. The Kier molecular flexibility index (Phi) is 11.1. The molecule has 236 valence electrons. The van der Waals surface area contributed by atoms with Gasteiger partial charge in [0, 0.05) is 19.0 Å². The SMILES string of the molecule is CC[C@H](C)NC(=O)[C@@H](Cc1ccccc1)N(Cc1cccc(C)c1)C(=O)CN(c1ccc(C)cc1)S(=O)(=O)c1ccc(F)cc1. The van der Waals surface area contributed by atoms with Gasteiger partial charge in [-0.15, -0.1) is 0 Å². The Labute approximate surface area is 265 Å². The molecule has 2 atom stereocenters. The van der Waals surface area contributed by atoms with Gasteiger partial charge in [-0.3, -0.25) is 13.9 Å². The molecular formula is C36H40FN3O4S. The summed E-state index contributed by atoms with van der Waals surface area (Å²) in [6.45, 7) is 7.20. The fourth-order valence-corrected chi connectivity index (χ4v) is 6.39. The number of rotatable bonds is 13. The number of anilines is 1. The Hall–Kier alpha value is -4.50. The summed E-state index contributed by atoms with van der Waals surface area (Å²) in [5.41, 5.74) is 3.84. The van der Waals surface area contributed by atoms with Gasteiger partial charge in [0.05, 0.1) is 10.6 Å². The first-order valence-electron chi connectivity index (χ1n) is 15.0. The normalized spacial score (nSPS) is 12.6. The number of benzene rings is 4. The van der Waals surface area contributed by atoms with Crippen LogP contribution in [0.15, 0.2) is 108 Å². The number of amides is 2. The molecule has 1 N–H and O–H groups in total. The van der Waals surface area contributed by atoms with E-state index in [-0.39, 0.29) is 35.5 Å². The number of aryl methyl sites for hydroxylation is 2. The smallest absolute Gasteiger partial charge is 0.264 e. The minimum Gasteiger partial charge on any atom is -0.352 e. The average molecular weight is 630 g/mol. The molecule has 0 heterocycles. The van der Waals surface area contributed by atoms with Crippen LogP contribution < -0.4 is 9.62 Å². The second-order valence-corrected chi connectivity index (χ2v) is 13.2. The molecule has 0 fully saturated rings. The first kappa shape index (κ1) is 33.4. The third-order valence-corrected chi connectivity index (χ3v) is 9.50. The highest BCUT2D eigenvalue weighted by atomic mass is 32.2. The fraction of sp³-hybridized carbons (Fsp3) is 0.278. The lowest BCUT2D eigenvalue weighted by atomic mass is 10.0. The molecule has 0 bridgehead atoms. The summed E-state index contributed by atoms with van der Waals surface area (Å²) in [6.07, 6.45) is 0.933. The molecule has 0 aliphatic carbocycles. The van der Waals surface area contributed by atoms with Crippen LogP contribution in [0.4, 0.5) is 10.1 Å². The van der Waals surface area contributed by atoms with E-state index >= 15 is 0 Å². The first-order valence-corrected chi connectivity index (χ1v) is 16.5. The van der Waals surface area contributed by atoms with Gasteiger partial charge in [0.2, 0.25) is 11.8 Å². The first-order chi connectivity index (χ1) is 21.5. The molecule has 0 aliphatic rings. The lowest BCUT2D eigenvalue weighted by molar-refractivity contribution is -0.140. The van der Waals surface area contributed by atoms with Crippen LogP contribution in [0.25, 0.3) is 0 Å². The largest absolute Gasteiger partial charge is 0.352 e. The maximum atomic E-state index is 14.5. The van der Waals surface area contributed by atoms with Gasteiger partial charge in [0.15, 0.2) is 0 Å². The molecule has 0 aromatic heterocycles. The summed E-state index contributed by atoms with van der Waals surface area (Å²) in [4.78, 5) is 29.7. The highest BCUT2D eigenvalue weighted by molar-refractivity contribution is 7.92. The number of halogens is 1. The maximum absolute atomic E-state index is 14.5. The van der Waals surface area contributed by atoms with Crippen molar-refractivity contribution in [3.05, 3.63) is 131 Å². The van der Waals surface area contributed by atoms with Gasteiger partial charge in [-0.25, -0.2) is 12.8 Å². The highest BCUT2D eigenvalue weighted by Gasteiger charge is 2.35. The Morgan fingerprint density at radius 2 is 1.47 bits per heavy atom. The van der Waals surface area contributed by atoms with Gasteiger partial charge in [0.25, 0.3) is 10.0 Å². The number of nitrogens with one attached hydrogen (secondary N) is 1. The summed E-state index contributed by atoms with van der Waals surface area (Å²) < 4.78 is 42.8. The number of nitrogens with zero attached hydrogens (tertiary/aromatic N) is 2. The molecule has 0 saturated carbocycles. The molecule has 45 heavy (non-hydrogen) atoms. The van der Waals surface area contributed by atoms with Gasteiger partial charge in [-0.05, 0) is 74.7 Å². The molecule has 4 rings (SSSR count). The van der Waals surface area contributed by atoms with Crippen LogP contribution in [0.1, 0.15) is 42.5 Å². The maximum Gasteiger partial charge on any atom is 0.264 e. The Balaban J connectivity index is 1.80. The van der Waals surface area contributed by atoms with Crippen LogP contribution in [0.5, 0.6) is 0 Å². The van der Waals surface area contributed by atoms with Gasteiger partial charge >= 0.3 is 0 Å². The quantitative estimate of drug-likeness (QED) is 0.191. The topological polar surface area (TPSA) is 86.8 Å². The summed E-state index contributed by atoms with van der Waals surface area (Å²) in [6, 6.07) is 27.3. The summed E-state index contributed by atoms with van der Waals surface area (Å²) >= 11 is 0.